The van der Waals surface area contributed by atoms with Crippen LogP contribution in [0.2, 0.25) is 0 Å². The van der Waals surface area contributed by atoms with Crippen LogP contribution in [0.4, 0.5) is 0 Å². The highest BCUT2D eigenvalue weighted by Crippen LogP contribution is 2.15. The summed E-state index contributed by atoms with van der Waals surface area (Å²) in [5.41, 5.74) is 6.70. The van der Waals surface area contributed by atoms with E-state index in [0.717, 1.165) is 6.26 Å². The molecule has 116 valence electrons. The average Bonchev–Trinajstić information content (AvgIpc) is 2.33. The molecule has 0 bridgehead atoms. The summed E-state index contributed by atoms with van der Waals surface area (Å²) < 4.78 is 48.0. The molecule has 0 fully saturated rings. The summed E-state index contributed by atoms with van der Waals surface area (Å²) in [5, 5.41) is -0.934. The molecular formula is C13H18N2O4S2. The number of hydrogen-bond acceptors (Lipinski definition) is 5. The first-order valence-corrected chi connectivity index (χ1v) is 9.81. The van der Waals surface area contributed by atoms with Gasteiger partial charge in [-0.3, -0.25) is 0 Å². The van der Waals surface area contributed by atoms with Crippen molar-refractivity contribution < 1.29 is 16.8 Å². The molecule has 0 saturated carbocycles. The molecule has 0 aromatic heterocycles. The average molecular weight is 330 g/mol. The van der Waals surface area contributed by atoms with Gasteiger partial charge in [-0.1, -0.05) is 24.0 Å². The Morgan fingerprint density at radius 3 is 2.52 bits per heavy atom. The minimum atomic E-state index is -3.91. The fourth-order valence-corrected chi connectivity index (χ4v) is 4.89. The van der Waals surface area contributed by atoms with Gasteiger partial charge in [0.1, 0.15) is 0 Å². The number of rotatable bonds is 5. The summed E-state index contributed by atoms with van der Waals surface area (Å²) in [6.07, 6.45) is 0.875. The van der Waals surface area contributed by atoms with Crippen LogP contribution in [0.5, 0.6) is 0 Å². The van der Waals surface area contributed by atoms with Gasteiger partial charge in [-0.2, -0.15) is 0 Å². The van der Waals surface area contributed by atoms with Crippen molar-refractivity contribution in [2.24, 2.45) is 5.73 Å². The maximum atomic E-state index is 11.8. The van der Waals surface area contributed by atoms with Crippen molar-refractivity contribution in [2.45, 2.75) is 13.0 Å². The van der Waals surface area contributed by atoms with Crippen molar-refractivity contribution in [1.29, 1.82) is 0 Å². The zero-order valence-electron chi connectivity index (χ0n) is 11.8. The van der Waals surface area contributed by atoms with Gasteiger partial charge in [0, 0.05) is 17.9 Å². The normalized spacial score (nSPS) is 13.3. The molecule has 1 unspecified atom stereocenters. The van der Waals surface area contributed by atoms with Crippen LogP contribution in [0.1, 0.15) is 24.1 Å². The highest BCUT2D eigenvalue weighted by atomic mass is 32.3. The molecule has 1 aromatic rings. The lowest BCUT2D eigenvalue weighted by Crippen LogP contribution is -2.31. The summed E-state index contributed by atoms with van der Waals surface area (Å²) in [6.45, 7) is 1.87. The van der Waals surface area contributed by atoms with E-state index in [1.807, 2.05) is 0 Å². The Kier molecular flexibility index (Phi) is 5.92. The fraction of sp³-hybridized carbons (Fsp3) is 0.385. The van der Waals surface area contributed by atoms with E-state index in [1.165, 1.54) is 0 Å². The Morgan fingerprint density at radius 1 is 1.29 bits per heavy atom. The van der Waals surface area contributed by atoms with E-state index in [2.05, 4.69) is 16.6 Å². The van der Waals surface area contributed by atoms with Crippen LogP contribution < -0.4 is 10.5 Å². The van der Waals surface area contributed by atoms with Crippen LogP contribution in [0.3, 0.4) is 0 Å². The van der Waals surface area contributed by atoms with Gasteiger partial charge in [0.15, 0.2) is 14.9 Å². The van der Waals surface area contributed by atoms with Crippen molar-refractivity contribution in [3.63, 3.8) is 0 Å². The van der Waals surface area contributed by atoms with Gasteiger partial charge in [-0.25, -0.2) is 21.6 Å². The summed E-state index contributed by atoms with van der Waals surface area (Å²) in [7, 11) is -7.53. The number of nitrogens with two attached hydrogens (primary N) is 1. The first-order chi connectivity index (χ1) is 9.63. The second-order valence-electron chi connectivity index (χ2n) is 4.63. The highest BCUT2D eigenvalue weighted by molar-refractivity contribution is 8.06. The minimum absolute atomic E-state index is 0.237. The maximum Gasteiger partial charge on any atom is 0.226 e. The first-order valence-electron chi connectivity index (χ1n) is 6.09. The van der Waals surface area contributed by atoms with Crippen LogP contribution in [0.15, 0.2) is 24.3 Å². The second-order valence-corrected chi connectivity index (χ2v) is 8.89. The SMILES string of the molecule is CC(NS(=O)(=O)CS(C)(=O)=O)c1cccc(C#CCN)c1. The Bertz CT molecular complexity index is 759. The molecule has 1 atom stereocenters. The number of sulfone groups is 1. The molecule has 8 heteroatoms. The molecule has 1 rings (SSSR count). The standard InChI is InChI=1S/C13H18N2O4S2/c1-11(15-21(18,19)10-20(2,16)17)13-7-3-5-12(9-13)6-4-8-14/h3,5,7,9,11,15H,8,10,14H2,1-2H3. The van der Waals surface area contributed by atoms with Crippen molar-refractivity contribution in [1.82, 2.24) is 4.72 Å². The lowest BCUT2D eigenvalue weighted by molar-refractivity contribution is 0.568. The zero-order chi connectivity index (χ0) is 16.1. The molecule has 6 nitrogen and oxygen atoms in total. The van der Waals surface area contributed by atoms with Gasteiger partial charge < -0.3 is 5.73 Å². The summed E-state index contributed by atoms with van der Waals surface area (Å²) >= 11 is 0. The van der Waals surface area contributed by atoms with Crippen LogP contribution in [-0.4, -0.2) is 34.7 Å². The smallest absolute Gasteiger partial charge is 0.226 e. The molecule has 0 radical (unpaired) electrons. The van der Waals surface area contributed by atoms with Crippen molar-refractivity contribution in [2.75, 3.05) is 17.9 Å². The topological polar surface area (TPSA) is 106 Å². The van der Waals surface area contributed by atoms with Gasteiger partial charge in [-0.05, 0) is 24.6 Å². The van der Waals surface area contributed by atoms with E-state index < -0.39 is 31.0 Å². The van der Waals surface area contributed by atoms with E-state index in [1.54, 1.807) is 31.2 Å². The summed E-state index contributed by atoms with van der Waals surface area (Å²) in [6, 6.07) is 6.44. The third-order valence-electron chi connectivity index (χ3n) is 2.45. The zero-order valence-corrected chi connectivity index (χ0v) is 13.5. The predicted octanol–water partition coefficient (Wildman–Crippen LogP) is -0.0207. The molecule has 0 aliphatic rings. The molecule has 21 heavy (non-hydrogen) atoms. The number of nitrogens with one attached hydrogen (secondary N) is 1. The number of hydrogen-bond donors (Lipinski definition) is 2. The Morgan fingerprint density at radius 2 is 1.95 bits per heavy atom. The summed E-state index contributed by atoms with van der Waals surface area (Å²) in [4.78, 5) is 0. The second kappa shape index (κ2) is 7.04. The third kappa shape index (κ3) is 6.73. The van der Waals surface area contributed by atoms with Gasteiger partial charge in [0.2, 0.25) is 10.0 Å². The van der Waals surface area contributed by atoms with Crippen LogP contribution in [0.25, 0.3) is 0 Å². The molecule has 3 N–H and O–H groups in total. The Balaban J connectivity index is 2.92. The molecule has 0 amide bonds. The Hall–Kier alpha value is -1.40. The van der Waals surface area contributed by atoms with Crippen LogP contribution in [0, 0.1) is 11.8 Å². The van der Waals surface area contributed by atoms with Gasteiger partial charge in [0.25, 0.3) is 0 Å². The minimum Gasteiger partial charge on any atom is -0.320 e. The molecule has 0 aliphatic heterocycles. The first kappa shape index (κ1) is 17.7. The maximum absolute atomic E-state index is 11.8. The van der Waals surface area contributed by atoms with E-state index in [9.17, 15) is 16.8 Å². The largest absolute Gasteiger partial charge is 0.320 e. The molecular weight excluding hydrogens is 312 g/mol. The molecule has 0 spiro atoms. The quantitative estimate of drug-likeness (QED) is 0.738. The van der Waals surface area contributed by atoms with E-state index in [4.69, 9.17) is 5.73 Å². The van der Waals surface area contributed by atoms with Gasteiger partial charge in [-0.15, -0.1) is 0 Å². The molecule has 0 aliphatic carbocycles. The lowest BCUT2D eigenvalue weighted by Gasteiger charge is -2.14. The van der Waals surface area contributed by atoms with Crippen LogP contribution >= 0.6 is 0 Å². The number of sulfonamides is 1. The van der Waals surface area contributed by atoms with Crippen molar-refractivity contribution in [3.05, 3.63) is 35.4 Å². The van der Waals surface area contributed by atoms with E-state index >= 15 is 0 Å². The van der Waals surface area contributed by atoms with Gasteiger partial charge >= 0.3 is 0 Å². The lowest BCUT2D eigenvalue weighted by atomic mass is 10.1. The predicted molar refractivity (Wildman–Crippen MR) is 82.6 cm³/mol. The molecule has 1 aromatic carbocycles. The Labute approximate surface area is 125 Å². The van der Waals surface area contributed by atoms with E-state index in [-0.39, 0.29) is 6.54 Å². The fourth-order valence-electron chi connectivity index (χ4n) is 1.69. The number of benzene rings is 1. The van der Waals surface area contributed by atoms with Crippen LogP contribution in [-0.2, 0) is 19.9 Å². The highest BCUT2D eigenvalue weighted by Gasteiger charge is 2.21. The molecule has 0 heterocycles. The van der Waals surface area contributed by atoms with Crippen molar-refractivity contribution >= 4 is 19.9 Å². The van der Waals surface area contributed by atoms with Gasteiger partial charge in [0.05, 0.1) is 6.54 Å². The van der Waals surface area contributed by atoms with E-state index in [0.29, 0.717) is 11.1 Å². The third-order valence-corrected chi connectivity index (χ3v) is 6.11. The summed E-state index contributed by atoms with van der Waals surface area (Å²) in [5.74, 6) is 5.56. The monoisotopic (exact) mass is 330 g/mol. The molecule has 0 saturated heterocycles. The van der Waals surface area contributed by atoms with Crippen molar-refractivity contribution in [3.8, 4) is 11.8 Å².